The van der Waals surface area contributed by atoms with Crippen molar-refractivity contribution in [3.63, 3.8) is 0 Å². The van der Waals surface area contributed by atoms with E-state index in [9.17, 15) is 4.79 Å². The van der Waals surface area contributed by atoms with E-state index in [0.717, 1.165) is 4.47 Å². The van der Waals surface area contributed by atoms with Crippen molar-refractivity contribution in [1.82, 2.24) is 14.8 Å². The number of amides is 1. The summed E-state index contributed by atoms with van der Waals surface area (Å²) in [6, 6.07) is 10.3. The van der Waals surface area contributed by atoms with E-state index in [1.165, 1.54) is 11.8 Å². The molecule has 0 aliphatic carbocycles. The fourth-order valence-electron chi connectivity index (χ4n) is 2.53. The summed E-state index contributed by atoms with van der Waals surface area (Å²) in [6.45, 7) is 1.84. The summed E-state index contributed by atoms with van der Waals surface area (Å²) in [6.07, 6.45) is -0.411. The zero-order chi connectivity index (χ0) is 21.8. The molecule has 11 heteroatoms. The zero-order valence-electron chi connectivity index (χ0n) is 15.8. The first-order valence-corrected chi connectivity index (χ1v) is 11.5. The van der Waals surface area contributed by atoms with Gasteiger partial charge in [0.25, 0.3) is 0 Å². The molecular formula is C19H16BrCl3N4O2S. The van der Waals surface area contributed by atoms with E-state index in [-0.39, 0.29) is 11.7 Å². The van der Waals surface area contributed by atoms with Crippen LogP contribution >= 0.6 is 62.5 Å². The average Bonchev–Trinajstić information content (AvgIpc) is 3.05. The minimum Gasteiger partial charge on any atom is -0.481 e. The maximum Gasteiger partial charge on any atom is 0.234 e. The van der Waals surface area contributed by atoms with Crippen molar-refractivity contribution in [2.24, 2.45) is 7.05 Å². The molecule has 1 amide bonds. The fourth-order valence-corrected chi connectivity index (χ4v) is 4.42. The van der Waals surface area contributed by atoms with Crippen LogP contribution in [0.1, 0.15) is 18.9 Å². The number of carbonyl (C=O) groups is 1. The lowest BCUT2D eigenvalue weighted by Crippen LogP contribution is -2.15. The minimum atomic E-state index is -0.411. The molecule has 2 aromatic carbocycles. The molecule has 3 aromatic rings. The van der Waals surface area contributed by atoms with Gasteiger partial charge in [0, 0.05) is 16.5 Å². The first-order valence-electron chi connectivity index (χ1n) is 8.63. The Labute approximate surface area is 201 Å². The number of carbonyl (C=O) groups excluding carboxylic acids is 1. The molecule has 0 bridgehead atoms. The van der Waals surface area contributed by atoms with Crippen LogP contribution in [0.3, 0.4) is 0 Å². The van der Waals surface area contributed by atoms with E-state index in [1.807, 2.05) is 14.0 Å². The van der Waals surface area contributed by atoms with Gasteiger partial charge in [0.1, 0.15) is 5.75 Å². The number of thioether (sulfide) groups is 1. The highest BCUT2D eigenvalue weighted by atomic mass is 79.9. The first kappa shape index (κ1) is 23.2. The molecule has 0 fully saturated rings. The van der Waals surface area contributed by atoms with Crippen LogP contribution < -0.4 is 10.1 Å². The molecule has 158 valence electrons. The molecule has 1 atom stereocenters. The SMILES string of the molecule is CC(Oc1ccc(Cl)cc1Cl)c1nnc(SCC(=O)Nc2ccc(Br)cc2Cl)n1C. The highest BCUT2D eigenvalue weighted by Crippen LogP contribution is 2.31. The second-order valence-corrected chi connectivity index (χ2v) is 9.30. The molecule has 1 N–H and O–H groups in total. The third-order valence-corrected chi connectivity index (χ3v) is 6.32. The Morgan fingerprint density at radius 2 is 1.97 bits per heavy atom. The number of halogens is 4. The highest BCUT2D eigenvalue weighted by molar-refractivity contribution is 9.10. The number of nitrogens with one attached hydrogen (secondary N) is 1. The number of rotatable bonds is 7. The van der Waals surface area contributed by atoms with E-state index in [0.29, 0.717) is 37.5 Å². The number of anilines is 1. The van der Waals surface area contributed by atoms with Crippen LogP contribution in [0.25, 0.3) is 0 Å². The van der Waals surface area contributed by atoms with Crippen LogP contribution in [0.5, 0.6) is 5.75 Å². The van der Waals surface area contributed by atoms with E-state index in [2.05, 4.69) is 31.4 Å². The Morgan fingerprint density at radius 3 is 2.67 bits per heavy atom. The maximum atomic E-state index is 12.3. The van der Waals surface area contributed by atoms with Crippen molar-refractivity contribution in [1.29, 1.82) is 0 Å². The largest absolute Gasteiger partial charge is 0.481 e. The van der Waals surface area contributed by atoms with Crippen LogP contribution in [0.4, 0.5) is 5.69 Å². The Balaban J connectivity index is 1.61. The van der Waals surface area contributed by atoms with Crippen molar-refractivity contribution < 1.29 is 9.53 Å². The van der Waals surface area contributed by atoms with Crippen molar-refractivity contribution >= 4 is 74.1 Å². The molecule has 0 aliphatic heterocycles. The van der Waals surface area contributed by atoms with E-state index in [4.69, 9.17) is 39.5 Å². The molecule has 1 aromatic heterocycles. The zero-order valence-corrected chi connectivity index (χ0v) is 20.5. The summed E-state index contributed by atoms with van der Waals surface area (Å²) in [4.78, 5) is 12.3. The molecule has 1 heterocycles. The van der Waals surface area contributed by atoms with Gasteiger partial charge >= 0.3 is 0 Å². The van der Waals surface area contributed by atoms with Gasteiger partial charge in [0.05, 0.1) is 21.5 Å². The first-order chi connectivity index (χ1) is 14.2. The lowest BCUT2D eigenvalue weighted by atomic mass is 10.3. The van der Waals surface area contributed by atoms with Gasteiger partial charge in [-0.05, 0) is 43.3 Å². The fraction of sp³-hybridized carbons (Fsp3) is 0.211. The second-order valence-electron chi connectivity index (χ2n) is 6.20. The van der Waals surface area contributed by atoms with E-state index >= 15 is 0 Å². The predicted molar refractivity (Wildman–Crippen MR) is 125 cm³/mol. The summed E-state index contributed by atoms with van der Waals surface area (Å²) in [5.74, 6) is 1.04. The number of hydrogen-bond donors (Lipinski definition) is 1. The van der Waals surface area contributed by atoms with Crippen LogP contribution in [0.2, 0.25) is 15.1 Å². The number of ether oxygens (including phenoxy) is 1. The number of nitrogens with zero attached hydrogens (tertiary/aromatic N) is 3. The third-order valence-electron chi connectivity index (χ3n) is 3.97. The average molecular weight is 551 g/mol. The smallest absolute Gasteiger partial charge is 0.234 e. The molecule has 0 spiro atoms. The lowest BCUT2D eigenvalue weighted by Gasteiger charge is -2.15. The summed E-state index contributed by atoms with van der Waals surface area (Å²) < 4.78 is 8.50. The standard InChI is InChI=1S/C19H16BrCl3N4O2S/c1-10(29-16-6-4-12(21)8-14(16)23)18-25-26-19(27(18)2)30-9-17(28)24-15-5-3-11(20)7-13(15)22/h3-8,10H,9H2,1-2H3,(H,24,28). The Kier molecular flexibility index (Phi) is 7.92. The van der Waals surface area contributed by atoms with Gasteiger partial charge in [-0.2, -0.15) is 0 Å². The molecule has 0 saturated carbocycles. The molecule has 0 aliphatic rings. The van der Waals surface area contributed by atoms with Crippen molar-refractivity contribution in [3.05, 3.63) is 61.8 Å². The maximum absolute atomic E-state index is 12.3. The number of benzene rings is 2. The molecule has 30 heavy (non-hydrogen) atoms. The van der Waals surface area contributed by atoms with E-state index in [1.54, 1.807) is 41.0 Å². The van der Waals surface area contributed by atoms with Crippen molar-refractivity contribution in [2.45, 2.75) is 18.2 Å². The topological polar surface area (TPSA) is 69.0 Å². The quantitative estimate of drug-likeness (QED) is 0.345. The van der Waals surface area contributed by atoms with Crippen LogP contribution in [-0.2, 0) is 11.8 Å². The normalized spacial score (nSPS) is 11.9. The minimum absolute atomic E-state index is 0.149. The predicted octanol–water partition coefficient (Wildman–Crippen LogP) is 6.41. The number of hydrogen-bond acceptors (Lipinski definition) is 5. The Bertz CT molecular complexity index is 1080. The van der Waals surface area contributed by atoms with E-state index < -0.39 is 6.10 Å². The van der Waals surface area contributed by atoms with Crippen molar-refractivity contribution in [3.8, 4) is 5.75 Å². The molecular weight excluding hydrogens is 535 g/mol. The summed E-state index contributed by atoms with van der Waals surface area (Å²) in [7, 11) is 1.81. The van der Waals surface area contributed by atoms with Gasteiger partial charge in [-0.3, -0.25) is 4.79 Å². The Morgan fingerprint density at radius 1 is 1.20 bits per heavy atom. The number of aromatic nitrogens is 3. The van der Waals surface area contributed by atoms with Crippen LogP contribution in [0.15, 0.2) is 46.0 Å². The molecule has 0 saturated heterocycles. The molecule has 1 unspecified atom stereocenters. The van der Waals surface area contributed by atoms with Gasteiger partial charge in [-0.1, -0.05) is 62.5 Å². The van der Waals surface area contributed by atoms with Crippen LogP contribution in [0, 0.1) is 0 Å². The van der Waals surface area contributed by atoms with Gasteiger partial charge in [-0.25, -0.2) is 0 Å². The molecule has 3 rings (SSSR count). The monoisotopic (exact) mass is 548 g/mol. The second kappa shape index (κ2) is 10.2. The molecule has 6 nitrogen and oxygen atoms in total. The van der Waals surface area contributed by atoms with Crippen LogP contribution in [-0.4, -0.2) is 26.4 Å². The summed E-state index contributed by atoms with van der Waals surface area (Å²) in [5, 5.41) is 13.1. The third kappa shape index (κ3) is 5.82. The van der Waals surface area contributed by atoms with Gasteiger partial charge in [0.15, 0.2) is 17.1 Å². The molecule has 0 radical (unpaired) electrons. The van der Waals surface area contributed by atoms with Gasteiger partial charge < -0.3 is 14.6 Å². The highest BCUT2D eigenvalue weighted by Gasteiger charge is 2.19. The van der Waals surface area contributed by atoms with Gasteiger partial charge in [-0.15, -0.1) is 10.2 Å². The summed E-state index contributed by atoms with van der Waals surface area (Å²) >= 11 is 22.8. The van der Waals surface area contributed by atoms with Crippen molar-refractivity contribution in [2.75, 3.05) is 11.1 Å². The van der Waals surface area contributed by atoms with Gasteiger partial charge in [0.2, 0.25) is 5.91 Å². The summed E-state index contributed by atoms with van der Waals surface area (Å²) in [5.41, 5.74) is 0.547. The Hall–Kier alpha value is -1.45. The lowest BCUT2D eigenvalue weighted by molar-refractivity contribution is -0.113.